The zero-order valence-corrected chi connectivity index (χ0v) is 10.2. The third-order valence-corrected chi connectivity index (χ3v) is 2.98. The van der Waals surface area contributed by atoms with Gasteiger partial charge in [-0.25, -0.2) is 15.8 Å². The predicted octanol–water partition coefficient (Wildman–Crippen LogP) is 0.907. The van der Waals surface area contributed by atoms with Gasteiger partial charge in [-0.3, -0.25) is 10.1 Å². The van der Waals surface area contributed by atoms with Crippen LogP contribution in [0.3, 0.4) is 0 Å². The fourth-order valence-corrected chi connectivity index (χ4v) is 1.85. The van der Waals surface area contributed by atoms with Crippen LogP contribution in [0.1, 0.15) is 19.8 Å². The number of nitrogens with two attached hydrogens (primary N) is 1. The molecule has 0 bridgehead atoms. The summed E-state index contributed by atoms with van der Waals surface area (Å²) in [5, 5.41) is 11.1. The second-order valence-corrected chi connectivity index (χ2v) is 4.28. The van der Waals surface area contributed by atoms with Crippen molar-refractivity contribution in [2.45, 2.75) is 19.8 Å². The summed E-state index contributed by atoms with van der Waals surface area (Å²) in [6, 6.07) is 0. The molecule has 1 fully saturated rings. The molecule has 2 rings (SSSR count). The van der Waals surface area contributed by atoms with Crippen molar-refractivity contribution in [3.63, 3.8) is 0 Å². The lowest BCUT2D eigenvalue weighted by Gasteiger charge is -2.21. The molecule has 1 saturated carbocycles. The maximum atomic E-state index is 11.1. The second-order valence-electron chi connectivity index (χ2n) is 4.28. The topological polar surface area (TPSA) is 110 Å². The predicted molar refractivity (Wildman–Crippen MR) is 67.1 cm³/mol. The third kappa shape index (κ3) is 2.48. The van der Waals surface area contributed by atoms with Crippen molar-refractivity contribution in [1.29, 1.82) is 0 Å². The zero-order valence-electron chi connectivity index (χ0n) is 10.2. The van der Waals surface area contributed by atoms with Crippen LogP contribution >= 0.6 is 0 Å². The zero-order chi connectivity index (χ0) is 13.1. The number of nitrogen functional groups attached to an aromatic ring is 1. The van der Waals surface area contributed by atoms with Crippen LogP contribution in [-0.4, -0.2) is 28.0 Å². The molecule has 1 aliphatic carbocycles. The van der Waals surface area contributed by atoms with Gasteiger partial charge in [0.2, 0.25) is 11.6 Å². The van der Waals surface area contributed by atoms with Gasteiger partial charge in [-0.1, -0.05) is 0 Å². The molecule has 18 heavy (non-hydrogen) atoms. The van der Waals surface area contributed by atoms with E-state index in [4.69, 9.17) is 5.84 Å². The van der Waals surface area contributed by atoms with E-state index in [0.29, 0.717) is 18.3 Å². The molecule has 3 N–H and O–H groups in total. The van der Waals surface area contributed by atoms with Gasteiger partial charge in [-0.15, -0.1) is 0 Å². The number of nitro groups is 1. The summed E-state index contributed by atoms with van der Waals surface area (Å²) in [6.07, 6.45) is 3.64. The lowest BCUT2D eigenvalue weighted by molar-refractivity contribution is -0.383. The Hall–Kier alpha value is -1.96. The van der Waals surface area contributed by atoms with Crippen LogP contribution in [0.25, 0.3) is 0 Å². The molecule has 8 nitrogen and oxygen atoms in total. The highest BCUT2D eigenvalue weighted by Gasteiger charge is 2.30. The van der Waals surface area contributed by atoms with Gasteiger partial charge >= 0.3 is 5.69 Å². The van der Waals surface area contributed by atoms with Crippen molar-refractivity contribution >= 4 is 17.3 Å². The number of hydrogen-bond acceptors (Lipinski definition) is 7. The van der Waals surface area contributed by atoms with Crippen LogP contribution in [0, 0.1) is 16.0 Å². The molecular formula is C10H16N6O2. The molecule has 0 amide bonds. The minimum Gasteiger partial charge on any atom is -0.351 e. The first kappa shape index (κ1) is 12.5. The molecule has 1 aliphatic rings. The van der Waals surface area contributed by atoms with Gasteiger partial charge in [0.25, 0.3) is 0 Å². The number of hydrazine groups is 1. The average Bonchev–Trinajstić information content (AvgIpc) is 3.18. The Bertz CT molecular complexity index is 448. The maximum Gasteiger partial charge on any atom is 0.354 e. The number of nitrogens with one attached hydrogen (secondary N) is 1. The van der Waals surface area contributed by atoms with E-state index < -0.39 is 4.92 Å². The smallest absolute Gasteiger partial charge is 0.351 e. The Balaban J connectivity index is 2.36. The van der Waals surface area contributed by atoms with Crippen LogP contribution in [0.5, 0.6) is 0 Å². The van der Waals surface area contributed by atoms with Crippen LogP contribution in [0.15, 0.2) is 6.33 Å². The van der Waals surface area contributed by atoms with Gasteiger partial charge in [0, 0.05) is 13.1 Å². The van der Waals surface area contributed by atoms with Gasteiger partial charge in [0.15, 0.2) is 0 Å². The number of anilines is 2. The van der Waals surface area contributed by atoms with E-state index in [0.717, 1.165) is 6.54 Å². The van der Waals surface area contributed by atoms with Crippen LogP contribution in [-0.2, 0) is 0 Å². The first-order valence-corrected chi connectivity index (χ1v) is 5.88. The van der Waals surface area contributed by atoms with Crippen molar-refractivity contribution in [2.75, 3.05) is 23.4 Å². The maximum absolute atomic E-state index is 11.1. The molecule has 1 heterocycles. The largest absolute Gasteiger partial charge is 0.354 e. The van der Waals surface area contributed by atoms with Gasteiger partial charge in [-0.2, -0.15) is 0 Å². The second kappa shape index (κ2) is 5.13. The number of aromatic nitrogens is 2. The summed E-state index contributed by atoms with van der Waals surface area (Å²) in [5.74, 6) is 6.24. The molecule has 0 spiro atoms. The SMILES string of the molecule is CCN(CC1CC1)c1ncnc(NN)c1[N+](=O)[O-]. The van der Waals surface area contributed by atoms with Gasteiger partial charge < -0.3 is 10.3 Å². The first-order valence-electron chi connectivity index (χ1n) is 5.88. The van der Waals surface area contributed by atoms with E-state index in [1.165, 1.54) is 19.2 Å². The van der Waals surface area contributed by atoms with Crippen LogP contribution < -0.4 is 16.2 Å². The van der Waals surface area contributed by atoms with Gasteiger partial charge in [0.05, 0.1) is 4.92 Å². The molecule has 1 aromatic rings. The minimum atomic E-state index is -0.500. The fourth-order valence-electron chi connectivity index (χ4n) is 1.85. The highest BCUT2D eigenvalue weighted by Crippen LogP contribution is 2.35. The fraction of sp³-hybridized carbons (Fsp3) is 0.600. The van der Waals surface area contributed by atoms with Crippen molar-refractivity contribution in [3.8, 4) is 0 Å². The van der Waals surface area contributed by atoms with E-state index in [9.17, 15) is 10.1 Å². The molecule has 0 radical (unpaired) electrons. The molecule has 1 aromatic heterocycles. The summed E-state index contributed by atoms with van der Waals surface area (Å²) < 4.78 is 0. The highest BCUT2D eigenvalue weighted by molar-refractivity contribution is 5.69. The van der Waals surface area contributed by atoms with Gasteiger partial charge in [0.1, 0.15) is 6.33 Å². The number of rotatable bonds is 6. The van der Waals surface area contributed by atoms with Gasteiger partial charge in [-0.05, 0) is 25.7 Å². The number of hydrogen-bond donors (Lipinski definition) is 2. The monoisotopic (exact) mass is 252 g/mol. The van der Waals surface area contributed by atoms with E-state index >= 15 is 0 Å². The lowest BCUT2D eigenvalue weighted by Crippen LogP contribution is -2.27. The minimum absolute atomic E-state index is 0.0410. The van der Waals surface area contributed by atoms with Crippen LogP contribution in [0.2, 0.25) is 0 Å². The van der Waals surface area contributed by atoms with Crippen molar-refractivity contribution in [3.05, 3.63) is 16.4 Å². The normalized spacial score (nSPS) is 14.3. The molecule has 0 aliphatic heterocycles. The molecule has 0 atom stereocenters. The Labute approximate surface area is 104 Å². The van der Waals surface area contributed by atoms with E-state index in [1.54, 1.807) is 0 Å². The highest BCUT2D eigenvalue weighted by atomic mass is 16.6. The van der Waals surface area contributed by atoms with E-state index in [1.807, 2.05) is 11.8 Å². The molecule has 8 heteroatoms. The molecule has 0 saturated heterocycles. The molecule has 98 valence electrons. The van der Waals surface area contributed by atoms with E-state index in [-0.39, 0.29) is 11.5 Å². The summed E-state index contributed by atoms with van der Waals surface area (Å²) in [6.45, 7) is 3.40. The Morgan fingerprint density at radius 3 is 2.83 bits per heavy atom. The first-order chi connectivity index (χ1) is 8.67. The summed E-state index contributed by atoms with van der Waals surface area (Å²) in [7, 11) is 0. The third-order valence-electron chi connectivity index (χ3n) is 2.98. The standard InChI is InChI=1S/C10H16N6O2/c1-2-15(5-7-3-4-7)10-8(16(17)18)9(14-11)12-6-13-10/h6-7H,2-5,11H2,1H3,(H,12,13,14). The molecule has 0 unspecified atom stereocenters. The quantitative estimate of drug-likeness (QED) is 0.439. The molecular weight excluding hydrogens is 236 g/mol. The lowest BCUT2D eigenvalue weighted by atomic mass is 10.3. The van der Waals surface area contributed by atoms with Crippen molar-refractivity contribution in [2.24, 2.45) is 11.8 Å². The summed E-state index contributed by atoms with van der Waals surface area (Å²) in [5.41, 5.74) is 2.08. The Kier molecular flexibility index (Phi) is 3.56. The Morgan fingerprint density at radius 1 is 1.61 bits per heavy atom. The summed E-state index contributed by atoms with van der Waals surface area (Å²) in [4.78, 5) is 20.3. The van der Waals surface area contributed by atoms with Crippen LogP contribution in [0.4, 0.5) is 17.3 Å². The van der Waals surface area contributed by atoms with E-state index in [2.05, 4.69) is 15.4 Å². The Morgan fingerprint density at radius 2 is 2.33 bits per heavy atom. The number of nitrogens with zero attached hydrogens (tertiary/aromatic N) is 4. The average molecular weight is 252 g/mol. The van der Waals surface area contributed by atoms with Crippen molar-refractivity contribution < 1.29 is 4.92 Å². The molecule has 0 aromatic carbocycles. The van der Waals surface area contributed by atoms with Crippen molar-refractivity contribution in [1.82, 2.24) is 9.97 Å². The summed E-state index contributed by atoms with van der Waals surface area (Å²) >= 11 is 0.